The number of anilines is 1. The third-order valence-corrected chi connectivity index (χ3v) is 2.47. The molecule has 0 aliphatic heterocycles. The molecule has 0 aromatic heterocycles. The minimum absolute atomic E-state index is 0.0360. The van der Waals surface area contributed by atoms with Crippen molar-refractivity contribution in [2.75, 3.05) is 11.9 Å². The first-order valence-electron chi connectivity index (χ1n) is 6.11. The van der Waals surface area contributed by atoms with Gasteiger partial charge in [-0.05, 0) is 24.1 Å². The number of carbonyl (C=O) groups is 3. The molecule has 5 N–H and O–H groups in total. The van der Waals surface area contributed by atoms with Gasteiger partial charge < -0.3 is 21.5 Å². The number of carboxylic acid groups (broad SMARTS) is 1. The monoisotopic (exact) mass is 279 g/mol. The summed E-state index contributed by atoms with van der Waals surface area (Å²) in [4.78, 5) is 32.5. The maximum Gasteiger partial charge on any atom is 0.319 e. The molecule has 0 unspecified atom stereocenters. The van der Waals surface area contributed by atoms with Crippen molar-refractivity contribution in [3.05, 3.63) is 29.8 Å². The number of nitrogens with two attached hydrogens (primary N) is 1. The summed E-state index contributed by atoms with van der Waals surface area (Å²) in [6.45, 7) is 0.167. The van der Waals surface area contributed by atoms with Gasteiger partial charge in [-0.3, -0.25) is 9.59 Å². The molecule has 0 radical (unpaired) electrons. The van der Waals surface area contributed by atoms with Crippen molar-refractivity contribution < 1.29 is 19.5 Å². The molecular weight excluding hydrogens is 262 g/mol. The second-order valence-electron chi connectivity index (χ2n) is 4.19. The van der Waals surface area contributed by atoms with Gasteiger partial charge in [0.05, 0.1) is 0 Å². The standard InChI is InChI=1S/C13H17N3O4/c14-11(17)6-7-15-13(20)16-10-3-1-2-9(8-10)4-5-12(18)19/h1-3,8H,4-7H2,(H2,14,17)(H,18,19)(H2,15,16,20). The van der Waals surface area contributed by atoms with Gasteiger partial charge in [0, 0.05) is 25.1 Å². The minimum Gasteiger partial charge on any atom is -0.481 e. The lowest BCUT2D eigenvalue weighted by molar-refractivity contribution is -0.137. The molecule has 0 heterocycles. The predicted octanol–water partition coefficient (Wildman–Crippen LogP) is 0.701. The van der Waals surface area contributed by atoms with E-state index in [1.165, 1.54) is 0 Å². The van der Waals surface area contributed by atoms with Gasteiger partial charge in [-0.2, -0.15) is 0 Å². The van der Waals surface area contributed by atoms with Crippen LogP contribution >= 0.6 is 0 Å². The van der Waals surface area contributed by atoms with Crippen LogP contribution in [0.5, 0.6) is 0 Å². The molecule has 0 aliphatic rings. The Balaban J connectivity index is 2.46. The fraction of sp³-hybridized carbons (Fsp3) is 0.308. The first kappa shape index (κ1) is 15.5. The van der Waals surface area contributed by atoms with Crippen LogP contribution in [0, 0.1) is 0 Å². The number of aliphatic carboxylic acids is 1. The number of urea groups is 1. The predicted molar refractivity (Wildman–Crippen MR) is 73.2 cm³/mol. The summed E-state index contributed by atoms with van der Waals surface area (Å²) in [7, 11) is 0. The molecule has 0 atom stereocenters. The molecule has 20 heavy (non-hydrogen) atoms. The number of nitrogens with one attached hydrogen (secondary N) is 2. The third-order valence-electron chi connectivity index (χ3n) is 2.47. The molecule has 0 fully saturated rings. The van der Waals surface area contributed by atoms with E-state index in [1.807, 2.05) is 0 Å². The minimum atomic E-state index is -0.868. The average Bonchev–Trinajstić information content (AvgIpc) is 2.36. The molecule has 0 saturated carbocycles. The van der Waals surface area contributed by atoms with Crippen molar-refractivity contribution in [2.45, 2.75) is 19.3 Å². The van der Waals surface area contributed by atoms with E-state index in [1.54, 1.807) is 24.3 Å². The van der Waals surface area contributed by atoms with Crippen LogP contribution in [0.25, 0.3) is 0 Å². The Morgan fingerprint density at radius 1 is 1.20 bits per heavy atom. The van der Waals surface area contributed by atoms with Gasteiger partial charge in [0.2, 0.25) is 5.91 Å². The second kappa shape index (κ2) is 7.78. The maximum absolute atomic E-state index is 11.5. The summed E-state index contributed by atoms with van der Waals surface area (Å²) in [5.74, 6) is -1.35. The van der Waals surface area contributed by atoms with E-state index >= 15 is 0 Å². The normalized spacial score (nSPS) is 9.80. The molecule has 0 aliphatic carbocycles. The van der Waals surface area contributed by atoms with Crippen molar-refractivity contribution in [2.24, 2.45) is 5.73 Å². The molecule has 7 heteroatoms. The average molecular weight is 279 g/mol. The topological polar surface area (TPSA) is 122 Å². The fourth-order valence-corrected chi connectivity index (χ4v) is 1.53. The molecule has 108 valence electrons. The first-order chi connectivity index (χ1) is 9.47. The highest BCUT2D eigenvalue weighted by Gasteiger charge is 2.04. The van der Waals surface area contributed by atoms with E-state index in [0.29, 0.717) is 12.1 Å². The van der Waals surface area contributed by atoms with Crippen LogP contribution in [0.15, 0.2) is 24.3 Å². The van der Waals surface area contributed by atoms with E-state index < -0.39 is 17.9 Å². The quantitative estimate of drug-likeness (QED) is 0.587. The summed E-state index contributed by atoms with van der Waals surface area (Å²) in [5, 5.41) is 13.7. The number of carboxylic acids is 1. The number of hydrogen-bond acceptors (Lipinski definition) is 3. The van der Waals surface area contributed by atoms with Gasteiger partial charge in [0.25, 0.3) is 0 Å². The number of carbonyl (C=O) groups excluding carboxylic acids is 2. The summed E-state index contributed by atoms with van der Waals surface area (Å²) >= 11 is 0. The Hall–Kier alpha value is -2.57. The Morgan fingerprint density at radius 2 is 1.95 bits per heavy atom. The van der Waals surface area contributed by atoms with Gasteiger partial charge in [-0.25, -0.2) is 4.79 Å². The lowest BCUT2D eigenvalue weighted by atomic mass is 10.1. The molecule has 1 aromatic rings. The van der Waals surface area contributed by atoms with Crippen molar-refractivity contribution in [1.29, 1.82) is 0 Å². The molecular formula is C13H17N3O4. The van der Waals surface area contributed by atoms with Gasteiger partial charge in [-0.15, -0.1) is 0 Å². The van der Waals surface area contributed by atoms with Crippen molar-refractivity contribution in [3.63, 3.8) is 0 Å². The van der Waals surface area contributed by atoms with E-state index in [2.05, 4.69) is 10.6 Å². The zero-order valence-electron chi connectivity index (χ0n) is 10.9. The smallest absolute Gasteiger partial charge is 0.319 e. The van der Waals surface area contributed by atoms with Crippen LogP contribution in [0.2, 0.25) is 0 Å². The number of amides is 3. The van der Waals surface area contributed by atoms with Gasteiger partial charge in [0.1, 0.15) is 0 Å². The van der Waals surface area contributed by atoms with Crippen LogP contribution in [0.4, 0.5) is 10.5 Å². The van der Waals surface area contributed by atoms with Crippen LogP contribution in [0.1, 0.15) is 18.4 Å². The molecule has 7 nitrogen and oxygen atoms in total. The Kier molecular flexibility index (Phi) is 6.02. The van der Waals surface area contributed by atoms with Crippen LogP contribution in [-0.4, -0.2) is 29.6 Å². The summed E-state index contributed by atoms with van der Waals surface area (Å²) < 4.78 is 0. The summed E-state index contributed by atoms with van der Waals surface area (Å²) in [6, 6.07) is 6.48. The lowest BCUT2D eigenvalue weighted by Crippen LogP contribution is -2.31. The highest BCUT2D eigenvalue weighted by molar-refractivity contribution is 5.89. The van der Waals surface area contributed by atoms with Gasteiger partial charge in [0.15, 0.2) is 0 Å². The largest absolute Gasteiger partial charge is 0.481 e. The number of primary amides is 1. The summed E-state index contributed by atoms with van der Waals surface area (Å²) in [6.07, 6.45) is 0.508. The number of aryl methyl sites for hydroxylation is 1. The zero-order chi connectivity index (χ0) is 15.0. The lowest BCUT2D eigenvalue weighted by Gasteiger charge is -2.08. The SMILES string of the molecule is NC(=O)CCNC(=O)Nc1cccc(CCC(=O)O)c1. The van der Waals surface area contributed by atoms with Crippen LogP contribution in [0.3, 0.4) is 0 Å². The third kappa shape index (κ3) is 6.39. The Labute approximate surface area is 116 Å². The molecule has 1 aromatic carbocycles. The fourth-order valence-electron chi connectivity index (χ4n) is 1.53. The highest BCUT2D eigenvalue weighted by atomic mass is 16.4. The van der Waals surface area contributed by atoms with E-state index in [4.69, 9.17) is 10.8 Å². The van der Waals surface area contributed by atoms with Crippen molar-refractivity contribution in [1.82, 2.24) is 5.32 Å². The second-order valence-corrected chi connectivity index (χ2v) is 4.19. The van der Waals surface area contributed by atoms with E-state index in [0.717, 1.165) is 5.56 Å². The molecule has 1 rings (SSSR count). The molecule has 0 saturated heterocycles. The van der Waals surface area contributed by atoms with Crippen LogP contribution in [-0.2, 0) is 16.0 Å². The zero-order valence-corrected chi connectivity index (χ0v) is 10.9. The van der Waals surface area contributed by atoms with Gasteiger partial charge >= 0.3 is 12.0 Å². The van der Waals surface area contributed by atoms with E-state index in [9.17, 15) is 14.4 Å². The van der Waals surface area contributed by atoms with Crippen LogP contribution < -0.4 is 16.4 Å². The molecule has 0 bridgehead atoms. The van der Waals surface area contributed by atoms with E-state index in [-0.39, 0.29) is 19.4 Å². The number of hydrogen-bond donors (Lipinski definition) is 4. The Morgan fingerprint density at radius 3 is 2.60 bits per heavy atom. The maximum atomic E-state index is 11.5. The summed E-state index contributed by atoms with van der Waals surface area (Å²) in [5.41, 5.74) is 6.33. The van der Waals surface area contributed by atoms with Crippen molar-refractivity contribution >= 4 is 23.6 Å². The van der Waals surface area contributed by atoms with Crippen molar-refractivity contribution in [3.8, 4) is 0 Å². The molecule has 0 spiro atoms. The molecule has 3 amide bonds. The first-order valence-corrected chi connectivity index (χ1v) is 6.11. The number of benzene rings is 1. The highest BCUT2D eigenvalue weighted by Crippen LogP contribution is 2.12. The number of rotatable bonds is 7. The Bertz CT molecular complexity index is 502. The van der Waals surface area contributed by atoms with Gasteiger partial charge in [-0.1, -0.05) is 12.1 Å².